The Hall–Kier alpha value is -1.76. The van der Waals surface area contributed by atoms with Crippen LogP contribution < -0.4 is 0 Å². The lowest BCUT2D eigenvalue weighted by Crippen LogP contribution is -2.14. The van der Waals surface area contributed by atoms with Crippen LogP contribution in [-0.4, -0.2) is 11.9 Å². The highest BCUT2D eigenvalue weighted by atomic mass is 15.1. The smallest absolute Gasteiger partial charge is 0.0401 e. The van der Waals surface area contributed by atoms with Crippen molar-refractivity contribution in [3.63, 3.8) is 0 Å². The number of likely N-dealkylation sites (N-methyl/N-ethyl adjacent to an activating group) is 1. The van der Waals surface area contributed by atoms with E-state index >= 15 is 0 Å². The molecule has 0 aliphatic carbocycles. The maximum Gasteiger partial charge on any atom is 0.0401 e. The zero-order chi connectivity index (χ0) is 13.7. The van der Waals surface area contributed by atoms with Gasteiger partial charge in [-0.25, -0.2) is 0 Å². The van der Waals surface area contributed by atoms with Gasteiger partial charge in [0, 0.05) is 18.4 Å². The molecular weight excluding hydrogens is 206 g/mol. The van der Waals surface area contributed by atoms with Crippen molar-refractivity contribution in [2.45, 2.75) is 20.8 Å². The Morgan fingerprint density at radius 3 is 1.94 bits per heavy atom. The van der Waals surface area contributed by atoms with Gasteiger partial charge in [-0.1, -0.05) is 30.9 Å². The van der Waals surface area contributed by atoms with Crippen molar-refractivity contribution >= 4 is 0 Å². The summed E-state index contributed by atoms with van der Waals surface area (Å²) in [6.45, 7) is 15.9. The molecule has 94 valence electrons. The maximum atomic E-state index is 3.82. The highest BCUT2D eigenvalue weighted by Crippen LogP contribution is 2.12. The van der Waals surface area contributed by atoms with E-state index in [1.807, 2.05) is 58.2 Å². The third-order valence-electron chi connectivity index (χ3n) is 2.08. The summed E-state index contributed by atoms with van der Waals surface area (Å²) in [7, 11) is 2.03. The Kier molecular flexibility index (Phi) is 12.8. The SMILES string of the molecule is C=C.C=C/C(=C\C=C/C)N(C)C(=CC)/C=C\C. The standard InChI is InChI=1S/C14H21N.C2H4/c1-6-10-12-14(9-4)15(5)13(8-3)11-7-2;1-2/h6-12H,4H2,1-3,5H3;1-2H2/b10-6-,11-7-,13-8?,14-12+;. The van der Waals surface area contributed by atoms with Crippen LogP contribution in [0.3, 0.4) is 0 Å². The molecule has 0 saturated carbocycles. The summed E-state index contributed by atoms with van der Waals surface area (Å²) in [5.74, 6) is 0. The topological polar surface area (TPSA) is 3.24 Å². The zero-order valence-electron chi connectivity index (χ0n) is 11.6. The summed E-state index contributed by atoms with van der Waals surface area (Å²) in [4.78, 5) is 2.10. The Balaban J connectivity index is 0. The van der Waals surface area contributed by atoms with Gasteiger partial charge in [0.25, 0.3) is 0 Å². The lowest BCUT2D eigenvalue weighted by Gasteiger charge is -2.21. The molecule has 0 amide bonds. The van der Waals surface area contributed by atoms with Gasteiger partial charge >= 0.3 is 0 Å². The van der Waals surface area contributed by atoms with Crippen LogP contribution >= 0.6 is 0 Å². The first-order valence-corrected chi connectivity index (χ1v) is 5.69. The minimum Gasteiger partial charge on any atom is -0.345 e. The molecule has 0 aromatic heterocycles. The Morgan fingerprint density at radius 2 is 1.59 bits per heavy atom. The van der Waals surface area contributed by atoms with Gasteiger partial charge in [-0.15, -0.1) is 13.2 Å². The molecule has 0 aliphatic rings. The van der Waals surface area contributed by atoms with Crippen LogP contribution in [0.4, 0.5) is 0 Å². The van der Waals surface area contributed by atoms with E-state index in [0.717, 1.165) is 11.4 Å². The van der Waals surface area contributed by atoms with Crippen molar-refractivity contribution in [1.82, 2.24) is 4.90 Å². The number of nitrogens with zero attached hydrogens (tertiary/aromatic N) is 1. The van der Waals surface area contributed by atoms with Crippen molar-refractivity contribution in [3.8, 4) is 0 Å². The number of rotatable bonds is 5. The molecular formula is C16H25N. The summed E-state index contributed by atoms with van der Waals surface area (Å²) >= 11 is 0. The van der Waals surface area contributed by atoms with Gasteiger partial charge in [0.15, 0.2) is 0 Å². The second-order valence-corrected chi connectivity index (χ2v) is 3.09. The van der Waals surface area contributed by atoms with Crippen molar-refractivity contribution in [2.24, 2.45) is 0 Å². The molecule has 0 bridgehead atoms. The van der Waals surface area contributed by atoms with Gasteiger partial charge in [-0.3, -0.25) is 0 Å². The van der Waals surface area contributed by atoms with E-state index in [-0.39, 0.29) is 0 Å². The van der Waals surface area contributed by atoms with Crippen molar-refractivity contribution in [3.05, 3.63) is 73.7 Å². The normalized spacial score (nSPS) is 12.5. The van der Waals surface area contributed by atoms with E-state index in [1.54, 1.807) is 0 Å². The highest BCUT2D eigenvalue weighted by molar-refractivity contribution is 5.29. The van der Waals surface area contributed by atoms with Gasteiger partial charge < -0.3 is 4.90 Å². The van der Waals surface area contributed by atoms with Crippen LogP contribution in [0, 0.1) is 0 Å². The summed E-state index contributed by atoms with van der Waals surface area (Å²) in [5.41, 5.74) is 2.24. The van der Waals surface area contributed by atoms with Crippen LogP contribution in [0.15, 0.2) is 73.7 Å². The fourth-order valence-electron chi connectivity index (χ4n) is 1.23. The molecule has 0 aliphatic heterocycles. The predicted molar refractivity (Wildman–Crippen MR) is 80.7 cm³/mol. The average molecular weight is 231 g/mol. The van der Waals surface area contributed by atoms with Gasteiger partial charge in [0.1, 0.15) is 0 Å². The van der Waals surface area contributed by atoms with Crippen molar-refractivity contribution < 1.29 is 0 Å². The minimum absolute atomic E-state index is 1.08. The van der Waals surface area contributed by atoms with Gasteiger partial charge in [0.2, 0.25) is 0 Å². The van der Waals surface area contributed by atoms with E-state index in [4.69, 9.17) is 0 Å². The minimum atomic E-state index is 1.08. The lowest BCUT2D eigenvalue weighted by molar-refractivity contribution is 0.553. The third-order valence-corrected chi connectivity index (χ3v) is 2.08. The Labute approximate surface area is 107 Å². The fourth-order valence-corrected chi connectivity index (χ4v) is 1.23. The molecule has 0 unspecified atom stereocenters. The second-order valence-electron chi connectivity index (χ2n) is 3.09. The van der Waals surface area contributed by atoms with Crippen LogP contribution in [0.2, 0.25) is 0 Å². The molecule has 1 heteroatoms. The van der Waals surface area contributed by atoms with E-state index < -0.39 is 0 Å². The van der Waals surface area contributed by atoms with E-state index in [9.17, 15) is 0 Å². The Bertz CT molecular complexity index is 316. The summed E-state index contributed by atoms with van der Waals surface area (Å²) in [6, 6.07) is 0. The Morgan fingerprint density at radius 1 is 1.00 bits per heavy atom. The van der Waals surface area contributed by atoms with Crippen molar-refractivity contribution in [2.75, 3.05) is 7.05 Å². The predicted octanol–water partition coefficient (Wildman–Crippen LogP) is 4.85. The summed E-state index contributed by atoms with van der Waals surface area (Å²) < 4.78 is 0. The largest absolute Gasteiger partial charge is 0.345 e. The quantitative estimate of drug-likeness (QED) is 0.483. The molecule has 1 nitrogen and oxygen atoms in total. The monoisotopic (exact) mass is 231 g/mol. The lowest BCUT2D eigenvalue weighted by atomic mass is 10.2. The van der Waals surface area contributed by atoms with E-state index in [1.165, 1.54) is 0 Å². The number of hydrogen-bond acceptors (Lipinski definition) is 1. The molecule has 0 spiro atoms. The molecule has 0 fully saturated rings. The second kappa shape index (κ2) is 12.3. The number of hydrogen-bond donors (Lipinski definition) is 0. The first-order valence-electron chi connectivity index (χ1n) is 5.69. The van der Waals surface area contributed by atoms with E-state index in [2.05, 4.69) is 36.8 Å². The van der Waals surface area contributed by atoms with Crippen LogP contribution in [0.25, 0.3) is 0 Å². The van der Waals surface area contributed by atoms with Crippen LogP contribution in [-0.2, 0) is 0 Å². The van der Waals surface area contributed by atoms with E-state index in [0.29, 0.717) is 0 Å². The summed E-state index contributed by atoms with van der Waals surface area (Å²) in [6.07, 6.45) is 14.1. The molecule has 0 aromatic carbocycles. The summed E-state index contributed by atoms with van der Waals surface area (Å²) in [5, 5.41) is 0. The molecule has 0 N–H and O–H groups in total. The van der Waals surface area contributed by atoms with Gasteiger partial charge in [0.05, 0.1) is 0 Å². The molecule has 0 aromatic rings. The van der Waals surface area contributed by atoms with Crippen LogP contribution in [0.5, 0.6) is 0 Å². The fraction of sp³-hybridized carbons (Fsp3) is 0.250. The zero-order valence-corrected chi connectivity index (χ0v) is 11.6. The molecule has 0 heterocycles. The first kappa shape index (κ1) is 17.6. The molecule has 17 heavy (non-hydrogen) atoms. The average Bonchev–Trinajstić information content (AvgIpc) is 2.38. The number of allylic oxidation sites excluding steroid dienone is 7. The van der Waals surface area contributed by atoms with Crippen LogP contribution in [0.1, 0.15) is 20.8 Å². The molecule has 0 atom stereocenters. The molecule has 0 radical (unpaired) electrons. The molecule has 0 rings (SSSR count). The van der Waals surface area contributed by atoms with Gasteiger partial charge in [-0.05, 0) is 39.0 Å². The molecule has 0 saturated heterocycles. The van der Waals surface area contributed by atoms with Gasteiger partial charge in [-0.2, -0.15) is 0 Å². The maximum absolute atomic E-state index is 3.82. The highest BCUT2D eigenvalue weighted by Gasteiger charge is 2.01. The first-order chi connectivity index (χ1) is 8.21. The third kappa shape index (κ3) is 7.18. The van der Waals surface area contributed by atoms with Crippen molar-refractivity contribution in [1.29, 1.82) is 0 Å².